The van der Waals surface area contributed by atoms with Crippen molar-refractivity contribution < 1.29 is 23.3 Å². The van der Waals surface area contributed by atoms with Crippen LogP contribution in [0.5, 0.6) is 0 Å². The average molecular weight is 447 g/mol. The molecule has 0 fully saturated rings. The Morgan fingerprint density at radius 3 is 1.65 bits per heavy atom. The SMILES string of the molecule is CCCOCC[N+](C)(C)CCCNC(=O)CCCCC(=O)NCCC[N+](C)(C)C.[CH3-].[CH3-]. The number of hydrogen-bond donors (Lipinski definition) is 2. The van der Waals surface area contributed by atoms with Gasteiger partial charge in [0, 0.05) is 45.4 Å². The minimum Gasteiger partial charge on any atom is -0.376 e. The zero-order valence-corrected chi connectivity index (χ0v) is 22.0. The zero-order valence-electron chi connectivity index (χ0n) is 22.0. The van der Waals surface area contributed by atoms with Crippen LogP contribution >= 0.6 is 0 Å². The van der Waals surface area contributed by atoms with Gasteiger partial charge in [-0.15, -0.1) is 0 Å². The maximum Gasteiger partial charge on any atom is 0.219 e. The molecular weight excluding hydrogens is 392 g/mol. The van der Waals surface area contributed by atoms with E-state index in [1.165, 1.54) is 0 Å². The van der Waals surface area contributed by atoms with Crippen LogP contribution in [0.4, 0.5) is 0 Å². The Morgan fingerprint density at radius 2 is 1.19 bits per heavy atom. The van der Waals surface area contributed by atoms with Gasteiger partial charge in [0.2, 0.25) is 11.8 Å². The number of hydrogen-bond acceptors (Lipinski definition) is 3. The molecule has 0 atom stereocenters. The maximum atomic E-state index is 11.9. The number of nitrogens with one attached hydrogen (secondary N) is 2. The van der Waals surface area contributed by atoms with E-state index in [9.17, 15) is 9.59 Å². The Hall–Kier alpha value is -1.18. The molecule has 0 aliphatic heterocycles. The van der Waals surface area contributed by atoms with E-state index in [1.807, 2.05) is 0 Å². The highest BCUT2D eigenvalue weighted by molar-refractivity contribution is 5.77. The van der Waals surface area contributed by atoms with Gasteiger partial charge in [-0.1, -0.05) is 6.92 Å². The number of amides is 2. The molecule has 7 nitrogen and oxygen atoms in total. The van der Waals surface area contributed by atoms with Crippen LogP contribution in [-0.4, -0.2) is 102 Å². The van der Waals surface area contributed by atoms with E-state index in [0.29, 0.717) is 19.4 Å². The van der Waals surface area contributed by atoms with Crippen LogP contribution in [-0.2, 0) is 14.3 Å². The summed E-state index contributed by atoms with van der Waals surface area (Å²) in [6.07, 6.45) is 5.52. The van der Waals surface area contributed by atoms with Gasteiger partial charge in [-0.2, -0.15) is 0 Å². The molecule has 0 aromatic rings. The third-order valence-corrected chi connectivity index (χ3v) is 4.84. The van der Waals surface area contributed by atoms with Crippen molar-refractivity contribution >= 4 is 11.8 Å². The lowest BCUT2D eigenvalue weighted by molar-refractivity contribution is -0.890. The molecule has 7 heteroatoms. The second kappa shape index (κ2) is 19.5. The van der Waals surface area contributed by atoms with Gasteiger partial charge in [-0.05, 0) is 19.3 Å². The molecule has 31 heavy (non-hydrogen) atoms. The summed E-state index contributed by atoms with van der Waals surface area (Å²) in [5.74, 6) is 0.180. The molecule has 0 unspecified atom stereocenters. The third kappa shape index (κ3) is 25.0. The Labute approximate surface area is 194 Å². The molecule has 0 aromatic carbocycles. The smallest absolute Gasteiger partial charge is 0.219 e. The molecule has 2 amide bonds. The predicted octanol–water partition coefficient (Wildman–Crippen LogP) is 2.67. The molecule has 0 aliphatic carbocycles. The molecule has 0 rings (SSSR count). The van der Waals surface area contributed by atoms with Crippen LogP contribution in [0.1, 0.15) is 51.9 Å². The number of carbonyl (C=O) groups is 2. The summed E-state index contributed by atoms with van der Waals surface area (Å²) in [6.45, 7) is 8.23. The maximum absolute atomic E-state index is 11.9. The summed E-state index contributed by atoms with van der Waals surface area (Å²) in [5, 5.41) is 5.95. The number of quaternary nitrogens is 2. The Kier molecular flexibility index (Phi) is 21.7. The monoisotopic (exact) mass is 446 g/mol. The van der Waals surface area contributed by atoms with Gasteiger partial charge < -0.3 is 39.2 Å². The van der Waals surface area contributed by atoms with Crippen molar-refractivity contribution in [1.29, 1.82) is 0 Å². The molecule has 0 bridgehead atoms. The number of nitrogens with zero attached hydrogens (tertiary/aromatic N) is 2. The number of ether oxygens (including phenoxy) is 1. The molecule has 0 saturated carbocycles. The first-order valence-corrected chi connectivity index (χ1v) is 11.3. The molecule has 0 aromatic heterocycles. The summed E-state index contributed by atoms with van der Waals surface area (Å²) in [4.78, 5) is 23.7. The van der Waals surface area contributed by atoms with Crippen molar-refractivity contribution in [2.45, 2.75) is 51.9 Å². The van der Waals surface area contributed by atoms with E-state index >= 15 is 0 Å². The van der Waals surface area contributed by atoms with Crippen molar-refractivity contribution in [3.63, 3.8) is 0 Å². The second-order valence-electron chi connectivity index (χ2n) is 9.62. The molecule has 188 valence electrons. The highest BCUT2D eigenvalue weighted by Crippen LogP contribution is 2.02. The van der Waals surface area contributed by atoms with Gasteiger partial charge in [0.15, 0.2) is 0 Å². The standard InChI is InChI=1S/C22H46N4O3.2CH3/c1-7-19-29-20-18-26(5,6)17-11-15-24-22(28)13-9-8-12-21(27)23-14-10-16-25(2,3)4;;/h7-20H2,1-6H3;2*1H3/q;2*-1/p+2. The lowest BCUT2D eigenvalue weighted by atomic mass is 10.1. The van der Waals surface area contributed by atoms with Crippen LogP contribution < -0.4 is 10.6 Å². The highest BCUT2D eigenvalue weighted by atomic mass is 16.5. The van der Waals surface area contributed by atoms with E-state index in [4.69, 9.17) is 4.74 Å². The van der Waals surface area contributed by atoms with Crippen molar-refractivity contribution in [2.24, 2.45) is 0 Å². The van der Waals surface area contributed by atoms with E-state index < -0.39 is 0 Å². The molecule has 0 spiro atoms. The van der Waals surface area contributed by atoms with E-state index in [0.717, 1.165) is 80.5 Å². The topological polar surface area (TPSA) is 67.4 Å². The minimum atomic E-state index is 0. The number of rotatable bonds is 18. The van der Waals surface area contributed by atoms with Crippen LogP contribution in [0.25, 0.3) is 0 Å². The first-order valence-electron chi connectivity index (χ1n) is 11.3. The van der Waals surface area contributed by atoms with Gasteiger partial charge in [-0.3, -0.25) is 9.59 Å². The fourth-order valence-electron chi connectivity index (χ4n) is 2.93. The van der Waals surface area contributed by atoms with Gasteiger partial charge in [0.1, 0.15) is 6.54 Å². The second-order valence-corrected chi connectivity index (χ2v) is 9.62. The summed E-state index contributed by atoms with van der Waals surface area (Å²) in [5.41, 5.74) is 0. The predicted molar refractivity (Wildman–Crippen MR) is 132 cm³/mol. The van der Waals surface area contributed by atoms with Crippen molar-refractivity contribution in [2.75, 3.05) is 81.2 Å². The average Bonchev–Trinajstić information content (AvgIpc) is 2.62. The van der Waals surface area contributed by atoms with Gasteiger partial charge in [0.05, 0.1) is 54.9 Å². The van der Waals surface area contributed by atoms with E-state index in [-0.39, 0.29) is 26.7 Å². The number of unbranched alkanes of at least 4 members (excludes halogenated alkanes) is 1. The Bertz CT molecular complexity index is 449. The lowest BCUT2D eigenvalue weighted by Gasteiger charge is -2.29. The normalized spacial score (nSPS) is 11.3. The molecule has 0 aliphatic rings. The Balaban J connectivity index is -0.00000392. The summed E-state index contributed by atoms with van der Waals surface area (Å²) < 4.78 is 7.38. The van der Waals surface area contributed by atoms with Crippen molar-refractivity contribution in [1.82, 2.24) is 10.6 Å². The summed E-state index contributed by atoms with van der Waals surface area (Å²) in [6, 6.07) is 0. The molecular formula is C24H54N4O3. The van der Waals surface area contributed by atoms with Crippen molar-refractivity contribution in [3.05, 3.63) is 14.9 Å². The summed E-state index contributed by atoms with van der Waals surface area (Å²) in [7, 11) is 10.8. The molecule has 2 N–H and O–H groups in total. The first kappa shape index (κ1) is 34.4. The van der Waals surface area contributed by atoms with Crippen molar-refractivity contribution in [3.8, 4) is 0 Å². The third-order valence-electron chi connectivity index (χ3n) is 4.84. The Morgan fingerprint density at radius 1 is 0.710 bits per heavy atom. The van der Waals surface area contributed by atoms with Gasteiger partial charge >= 0.3 is 0 Å². The zero-order chi connectivity index (χ0) is 22.2. The highest BCUT2D eigenvalue weighted by Gasteiger charge is 2.14. The number of carbonyl (C=O) groups excluding carboxylic acids is 2. The van der Waals surface area contributed by atoms with Crippen LogP contribution in [0, 0.1) is 14.9 Å². The van der Waals surface area contributed by atoms with Gasteiger partial charge in [-0.25, -0.2) is 0 Å². The number of likely N-dealkylation sites (N-methyl/N-ethyl adjacent to an activating group) is 1. The van der Waals surface area contributed by atoms with Crippen LogP contribution in [0.2, 0.25) is 0 Å². The largest absolute Gasteiger partial charge is 0.376 e. The van der Waals surface area contributed by atoms with E-state index in [2.05, 4.69) is 52.8 Å². The fraction of sp³-hybridized carbons (Fsp3) is 0.833. The lowest BCUT2D eigenvalue weighted by Crippen LogP contribution is -2.44. The van der Waals surface area contributed by atoms with Gasteiger partial charge in [0.25, 0.3) is 0 Å². The summed E-state index contributed by atoms with van der Waals surface area (Å²) >= 11 is 0. The van der Waals surface area contributed by atoms with Crippen LogP contribution in [0.15, 0.2) is 0 Å². The quantitative estimate of drug-likeness (QED) is 0.193. The first-order chi connectivity index (χ1) is 13.6. The molecule has 0 radical (unpaired) electrons. The fourth-order valence-corrected chi connectivity index (χ4v) is 2.93. The minimum absolute atomic E-state index is 0. The molecule has 0 heterocycles. The van der Waals surface area contributed by atoms with E-state index in [1.54, 1.807) is 0 Å². The molecule has 0 saturated heterocycles. The van der Waals surface area contributed by atoms with Crippen LogP contribution in [0.3, 0.4) is 0 Å².